The van der Waals surface area contributed by atoms with E-state index in [2.05, 4.69) is 29.4 Å². The predicted molar refractivity (Wildman–Crippen MR) is 228 cm³/mol. The number of aliphatic carboxylic acids is 1. The van der Waals surface area contributed by atoms with Crippen molar-refractivity contribution in [1.29, 1.82) is 0 Å². The van der Waals surface area contributed by atoms with E-state index >= 15 is 0 Å². The Morgan fingerprint density at radius 3 is 2.05 bits per heavy atom. The van der Waals surface area contributed by atoms with Gasteiger partial charge >= 0.3 is 5.97 Å². The molecule has 0 saturated carbocycles. The summed E-state index contributed by atoms with van der Waals surface area (Å²) in [5, 5.41) is 15.7. The number of likely N-dealkylation sites (N-methyl/N-ethyl adjacent to an activating group) is 2. The van der Waals surface area contributed by atoms with Gasteiger partial charge in [0.25, 0.3) is 0 Å². The number of hydrogen-bond donors (Lipinski definition) is 3. The van der Waals surface area contributed by atoms with Crippen molar-refractivity contribution < 1.29 is 38.6 Å². The Bertz CT molecular complexity index is 1440. The van der Waals surface area contributed by atoms with Gasteiger partial charge in [0.1, 0.15) is 12.1 Å². The molecule has 9 atom stereocenters. The largest absolute Gasteiger partial charge is 0.480 e. The Morgan fingerprint density at radius 1 is 0.897 bits per heavy atom. The van der Waals surface area contributed by atoms with Crippen LogP contribution in [0.15, 0.2) is 30.3 Å². The Labute approximate surface area is 349 Å². The smallest absolute Gasteiger partial charge is 0.326 e. The molecule has 0 aromatic heterocycles. The van der Waals surface area contributed by atoms with E-state index < -0.39 is 60.2 Å². The number of benzene rings is 1. The van der Waals surface area contributed by atoms with E-state index in [9.17, 15) is 29.1 Å². The van der Waals surface area contributed by atoms with Gasteiger partial charge in [-0.3, -0.25) is 24.1 Å². The van der Waals surface area contributed by atoms with Crippen LogP contribution in [0.2, 0.25) is 0 Å². The highest BCUT2D eigenvalue weighted by Crippen LogP contribution is 2.30. The van der Waals surface area contributed by atoms with Gasteiger partial charge in [-0.2, -0.15) is 0 Å². The minimum Gasteiger partial charge on any atom is -0.480 e. The van der Waals surface area contributed by atoms with Crippen LogP contribution in [-0.2, 0) is 39.9 Å². The molecule has 0 spiro atoms. The average Bonchev–Trinajstić information content (AvgIpc) is 3.65. The lowest BCUT2D eigenvalue weighted by atomic mass is 9.89. The van der Waals surface area contributed by atoms with Crippen LogP contribution >= 0.6 is 0 Å². The van der Waals surface area contributed by atoms with Gasteiger partial charge < -0.3 is 35.0 Å². The number of nitrogens with one attached hydrogen (secondary N) is 2. The zero-order chi connectivity index (χ0) is 43.9. The summed E-state index contributed by atoms with van der Waals surface area (Å²) in [5.74, 6) is -2.58. The molecule has 1 aliphatic heterocycles. The number of carbonyl (C=O) groups excluding carboxylic acids is 4. The molecule has 4 amide bonds. The quantitative estimate of drug-likeness (QED) is 0.120. The number of methoxy groups -OCH3 is 2. The van der Waals surface area contributed by atoms with E-state index in [1.54, 1.807) is 30.9 Å². The molecule has 0 bridgehead atoms. The molecule has 2 rings (SSSR count). The number of ether oxygens (including phenoxy) is 2. The van der Waals surface area contributed by atoms with Crippen LogP contribution in [0.4, 0.5) is 0 Å². The Kier molecular flexibility index (Phi) is 21.4. The monoisotopic (exact) mass is 816 g/mol. The molecule has 13 heteroatoms. The summed E-state index contributed by atoms with van der Waals surface area (Å²) in [6.07, 6.45) is 2.87. The third-order valence-electron chi connectivity index (χ3n) is 12.1. The lowest BCUT2D eigenvalue weighted by Crippen LogP contribution is -2.60. The minimum atomic E-state index is -1.14. The summed E-state index contributed by atoms with van der Waals surface area (Å²) >= 11 is 0. The molecule has 0 radical (unpaired) electrons. The maximum atomic E-state index is 14.4. The van der Waals surface area contributed by atoms with Crippen LogP contribution in [0.1, 0.15) is 106 Å². The summed E-state index contributed by atoms with van der Waals surface area (Å²) in [6, 6.07) is 5.91. The van der Waals surface area contributed by atoms with Crippen LogP contribution in [0.25, 0.3) is 0 Å². The molecule has 58 heavy (non-hydrogen) atoms. The van der Waals surface area contributed by atoms with Gasteiger partial charge in [-0.25, -0.2) is 4.79 Å². The Morgan fingerprint density at radius 2 is 1.53 bits per heavy atom. The molecular weight excluding hydrogens is 739 g/mol. The van der Waals surface area contributed by atoms with Gasteiger partial charge in [-0.15, -0.1) is 0 Å². The van der Waals surface area contributed by atoms with Crippen molar-refractivity contribution in [2.45, 2.75) is 150 Å². The van der Waals surface area contributed by atoms with Crippen molar-refractivity contribution in [3.05, 3.63) is 35.9 Å². The molecule has 1 saturated heterocycles. The molecule has 1 unspecified atom stereocenters. The maximum absolute atomic E-state index is 14.4. The summed E-state index contributed by atoms with van der Waals surface area (Å²) < 4.78 is 11.9. The van der Waals surface area contributed by atoms with Crippen LogP contribution in [0.5, 0.6) is 0 Å². The lowest BCUT2D eigenvalue weighted by Gasteiger charge is -2.41. The summed E-state index contributed by atoms with van der Waals surface area (Å²) in [6.45, 7) is 19.3. The fraction of sp³-hybridized carbons (Fsp3) is 0.756. The van der Waals surface area contributed by atoms with Crippen molar-refractivity contribution >= 4 is 29.6 Å². The molecule has 330 valence electrons. The second-order valence-corrected chi connectivity index (χ2v) is 17.6. The number of likely N-dealkylation sites (tertiary alicyclic amines) is 1. The van der Waals surface area contributed by atoms with Crippen molar-refractivity contribution in [2.24, 2.45) is 29.6 Å². The van der Waals surface area contributed by atoms with Crippen LogP contribution in [0, 0.1) is 29.6 Å². The highest BCUT2D eigenvalue weighted by atomic mass is 16.5. The maximum Gasteiger partial charge on any atom is 0.326 e. The van der Waals surface area contributed by atoms with Crippen molar-refractivity contribution in [3.8, 4) is 0 Å². The zero-order valence-electron chi connectivity index (χ0n) is 37.8. The van der Waals surface area contributed by atoms with Crippen LogP contribution in [-0.4, -0.2) is 133 Å². The van der Waals surface area contributed by atoms with Gasteiger partial charge in [0.2, 0.25) is 23.6 Å². The van der Waals surface area contributed by atoms with Gasteiger partial charge in [0.15, 0.2) is 0 Å². The van der Waals surface area contributed by atoms with Crippen molar-refractivity contribution in [2.75, 3.05) is 41.4 Å². The second kappa shape index (κ2) is 24.5. The molecule has 3 N–H and O–H groups in total. The Hall–Kier alpha value is -3.55. The van der Waals surface area contributed by atoms with Gasteiger partial charge in [-0.1, -0.05) is 99.1 Å². The minimum absolute atomic E-state index is 0.00982. The van der Waals surface area contributed by atoms with E-state index in [-0.39, 0.29) is 48.3 Å². The number of nitrogens with zero attached hydrogens (tertiary/aromatic N) is 3. The molecule has 13 nitrogen and oxygen atoms in total. The molecule has 0 aliphatic carbocycles. The number of carboxylic acids is 1. The number of carbonyl (C=O) groups is 5. The molecule has 1 aromatic carbocycles. The highest BCUT2D eigenvalue weighted by molar-refractivity contribution is 5.90. The standard InChI is InChI=1S/C45H77N5O8/c1-14-31(8)40(49(11)44(54)38(29(4)5)47-43(53)39(30(6)7)48(10)24-18-20-28(2)3)36(57-12)27-37(51)50-25-19-23-35(50)41(58-13)32(9)42(52)46-34(45(55)56)26-33-21-16-15-17-22-33/h15-17,21-22,28-32,34-36,38-41H,14,18-20,23-27H2,1-13H3,(H,46,52)(H,47,53)(H,55,56)/t31-,32+,34?,35-,36+,38-,39-,40-,41+/m0/s1. The first kappa shape index (κ1) is 50.6. The topological polar surface area (TPSA) is 158 Å². The Balaban J connectivity index is 2.27. The number of amides is 4. The third kappa shape index (κ3) is 14.3. The first-order chi connectivity index (χ1) is 27.3. The first-order valence-corrected chi connectivity index (χ1v) is 21.5. The third-order valence-corrected chi connectivity index (χ3v) is 12.1. The zero-order valence-corrected chi connectivity index (χ0v) is 37.8. The molecule has 1 fully saturated rings. The number of carboxylic acid groups (broad SMARTS) is 1. The van der Waals surface area contributed by atoms with E-state index in [0.717, 1.165) is 31.4 Å². The summed E-state index contributed by atoms with van der Waals surface area (Å²) in [7, 11) is 6.76. The fourth-order valence-corrected chi connectivity index (χ4v) is 8.53. The van der Waals surface area contributed by atoms with Gasteiger partial charge in [0, 0.05) is 34.2 Å². The SMILES string of the molecule is CC[C@H](C)[C@@H]([C@@H](CC(=O)N1CCC[C@H]1[C@H](OC)[C@@H](C)C(=O)NC(Cc1ccccc1)C(=O)O)OC)N(C)C(=O)[C@@H](NC(=O)[C@H](C(C)C)N(C)CCCC(C)C)C(C)C. The number of rotatable bonds is 25. The normalized spacial score (nSPS) is 18.7. The van der Waals surface area contributed by atoms with E-state index in [4.69, 9.17) is 9.47 Å². The molecule has 1 heterocycles. The summed E-state index contributed by atoms with van der Waals surface area (Å²) in [4.78, 5) is 73.8. The van der Waals surface area contributed by atoms with Gasteiger partial charge in [-0.05, 0) is 68.5 Å². The van der Waals surface area contributed by atoms with E-state index in [1.807, 2.05) is 78.9 Å². The van der Waals surface area contributed by atoms with E-state index in [1.165, 1.54) is 7.11 Å². The van der Waals surface area contributed by atoms with Crippen LogP contribution in [0.3, 0.4) is 0 Å². The number of hydrogen-bond acceptors (Lipinski definition) is 8. The predicted octanol–water partition coefficient (Wildman–Crippen LogP) is 5.25. The highest BCUT2D eigenvalue weighted by Gasteiger charge is 2.43. The average molecular weight is 816 g/mol. The first-order valence-electron chi connectivity index (χ1n) is 21.5. The lowest BCUT2D eigenvalue weighted by molar-refractivity contribution is -0.148. The molecule has 1 aromatic rings. The van der Waals surface area contributed by atoms with Gasteiger partial charge in [0.05, 0.1) is 42.7 Å². The van der Waals surface area contributed by atoms with Crippen molar-refractivity contribution in [1.82, 2.24) is 25.3 Å². The van der Waals surface area contributed by atoms with Crippen LogP contribution < -0.4 is 10.6 Å². The van der Waals surface area contributed by atoms with E-state index in [0.29, 0.717) is 25.3 Å². The van der Waals surface area contributed by atoms with Crippen molar-refractivity contribution in [3.63, 3.8) is 0 Å². The molecule has 1 aliphatic rings. The summed E-state index contributed by atoms with van der Waals surface area (Å²) in [5.41, 5.74) is 0.787. The second-order valence-electron chi connectivity index (χ2n) is 17.6. The fourth-order valence-electron chi connectivity index (χ4n) is 8.53. The molecular formula is C45H77N5O8.